The van der Waals surface area contributed by atoms with Crippen LogP contribution in [-0.2, 0) is 16.1 Å². The van der Waals surface area contributed by atoms with E-state index in [4.69, 9.17) is 0 Å². The van der Waals surface area contributed by atoms with Crippen molar-refractivity contribution in [1.29, 1.82) is 0 Å². The van der Waals surface area contributed by atoms with Gasteiger partial charge in [-0.05, 0) is 56.0 Å². The molecule has 1 fully saturated rings. The van der Waals surface area contributed by atoms with Crippen molar-refractivity contribution in [3.8, 4) is 0 Å². The van der Waals surface area contributed by atoms with Gasteiger partial charge in [-0.3, -0.25) is 9.59 Å². The van der Waals surface area contributed by atoms with E-state index < -0.39 is 6.04 Å². The second-order valence-electron chi connectivity index (χ2n) is 7.52. The van der Waals surface area contributed by atoms with Crippen LogP contribution in [0.1, 0.15) is 54.9 Å². The predicted molar refractivity (Wildman–Crippen MR) is 108 cm³/mol. The van der Waals surface area contributed by atoms with Crippen molar-refractivity contribution in [3.05, 3.63) is 29.3 Å². The summed E-state index contributed by atoms with van der Waals surface area (Å²) in [7, 11) is 1.55. The fourth-order valence-corrected chi connectivity index (χ4v) is 4.36. The molecule has 0 radical (unpaired) electrons. The van der Waals surface area contributed by atoms with E-state index in [0.29, 0.717) is 30.6 Å². The number of carbonyl (C=O) groups excluding carboxylic acids is 3. The van der Waals surface area contributed by atoms with Gasteiger partial charge >= 0.3 is 0 Å². The van der Waals surface area contributed by atoms with Gasteiger partial charge in [-0.1, -0.05) is 6.92 Å². The Balaban J connectivity index is 1.74. The van der Waals surface area contributed by atoms with Gasteiger partial charge in [0.25, 0.3) is 5.91 Å². The van der Waals surface area contributed by atoms with Crippen molar-refractivity contribution in [2.24, 2.45) is 0 Å². The highest BCUT2D eigenvalue weighted by Gasteiger charge is 2.36. The monoisotopic (exact) mass is 386 g/mol. The van der Waals surface area contributed by atoms with Crippen LogP contribution in [0, 0.1) is 0 Å². The van der Waals surface area contributed by atoms with Crippen LogP contribution < -0.4 is 16.0 Å². The minimum atomic E-state index is -0.625. The molecule has 3 unspecified atom stereocenters. The number of amides is 2. The highest BCUT2D eigenvalue weighted by molar-refractivity contribution is 6.01. The van der Waals surface area contributed by atoms with Gasteiger partial charge in [0.2, 0.25) is 5.91 Å². The topological polar surface area (TPSA) is 90.5 Å². The molecule has 2 aliphatic rings. The second-order valence-corrected chi connectivity index (χ2v) is 7.52. The van der Waals surface area contributed by atoms with Gasteiger partial charge in [-0.15, -0.1) is 0 Å². The van der Waals surface area contributed by atoms with E-state index in [0.717, 1.165) is 30.5 Å². The number of nitrogens with one attached hydrogen (secondary N) is 3. The third-order valence-electron chi connectivity index (χ3n) is 5.75. The first-order valence-corrected chi connectivity index (χ1v) is 10.2. The smallest absolute Gasteiger partial charge is 0.255 e. The Bertz CT molecular complexity index is 736. The van der Waals surface area contributed by atoms with Gasteiger partial charge in [0.1, 0.15) is 12.3 Å². The Kier molecular flexibility index (Phi) is 6.67. The standard InChI is InChI=1S/C21H30N4O3/c1-3-23-17-6-4-7-18(17)24-15-9-10-16-14(12-15)13-25(21(16)28)19(8-5-11-26)20(27)22-2/h9-12,17-19,23-24H,3-8,13H2,1-2H3,(H,22,27). The molecule has 3 atom stereocenters. The normalized spacial score (nSPS) is 22.1. The maximum absolute atomic E-state index is 12.8. The Morgan fingerprint density at radius 3 is 2.82 bits per heavy atom. The van der Waals surface area contributed by atoms with Crippen molar-refractivity contribution < 1.29 is 14.4 Å². The van der Waals surface area contributed by atoms with Gasteiger partial charge in [0, 0.05) is 43.3 Å². The predicted octanol–water partition coefficient (Wildman–Crippen LogP) is 1.68. The molecule has 1 heterocycles. The van der Waals surface area contributed by atoms with Gasteiger partial charge in [-0.25, -0.2) is 0 Å². The summed E-state index contributed by atoms with van der Waals surface area (Å²) in [5.74, 6) is -0.381. The Hall–Kier alpha value is -2.41. The quantitative estimate of drug-likeness (QED) is 0.562. The third kappa shape index (κ3) is 4.19. The maximum Gasteiger partial charge on any atom is 0.255 e. The lowest BCUT2D eigenvalue weighted by atomic mass is 10.1. The van der Waals surface area contributed by atoms with E-state index >= 15 is 0 Å². The highest BCUT2D eigenvalue weighted by atomic mass is 16.2. The van der Waals surface area contributed by atoms with E-state index in [-0.39, 0.29) is 18.2 Å². The molecule has 3 rings (SSSR count). The number of benzene rings is 1. The molecule has 7 nitrogen and oxygen atoms in total. The minimum absolute atomic E-state index is 0.146. The Morgan fingerprint density at radius 2 is 2.11 bits per heavy atom. The molecule has 3 N–H and O–H groups in total. The molecule has 1 aliphatic heterocycles. The van der Waals surface area contributed by atoms with Crippen LogP contribution in [-0.4, -0.2) is 54.7 Å². The average molecular weight is 386 g/mol. The minimum Gasteiger partial charge on any atom is -0.381 e. The lowest BCUT2D eigenvalue weighted by molar-refractivity contribution is -0.125. The molecule has 0 saturated heterocycles. The van der Waals surface area contributed by atoms with Crippen LogP contribution in [0.5, 0.6) is 0 Å². The molecule has 1 saturated carbocycles. The van der Waals surface area contributed by atoms with Crippen molar-refractivity contribution >= 4 is 23.8 Å². The van der Waals surface area contributed by atoms with Crippen LogP contribution in [0.2, 0.25) is 0 Å². The van der Waals surface area contributed by atoms with Crippen LogP contribution in [0.15, 0.2) is 18.2 Å². The summed E-state index contributed by atoms with van der Waals surface area (Å²) in [5, 5.41) is 9.76. The molecule has 1 aromatic carbocycles. The summed E-state index contributed by atoms with van der Waals surface area (Å²) in [6.45, 7) is 3.47. The number of hydrogen-bond acceptors (Lipinski definition) is 5. The molecule has 0 spiro atoms. The first kappa shape index (κ1) is 20.3. The molecular weight excluding hydrogens is 356 g/mol. The molecule has 1 aromatic rings. The number of rotatable bonds is 9. The van der Waals surface area contributed by atoms with Crippen LogP contribution >= 0.6 is 0 Å². The molecular formula is C21H30N4O3. The van der Waals surface area contributed by atoms with Crippen molar-refractivity contribution in [2.45, 2.75) is 63.7 Å². The molecule has 7 heteroatoms. The zero-order valence-electron chi connectivity index (χ0n) is 16.7. The molecule has 1 aliphatic carbocycles. The van der Waals surface area contributed by atoms with Crippen LogP contribution in [0.3, 0.4) is 0 Å². The zero-order chi connectivity index (χ0) is 20.1. The molecule has 0 bridgehead atoms. The summed E-state index contributed by atoms with van der Waals surface area (Å²) in [4.78, 5) is 37.4. The van der Waals surface area contributed by atoms with E-state index in [1.165, 1.54) is 12.8 Å². The number of fused-ring (bicyclic) bond motifs is 1. The van der Waals surface area contributed by atoms with E-state index in [9.17, 15) is 14.4 Å². The van der Waals surface area contributed by atoms with E-state index in [1.807, 2.05) is 18.2 Å². The third-order valence-corrected chi connectivity index (χ3v) is 5.75. The SMILES string of the molecule is CCNC1CCCC1Nc1ccc2c(c1)CN(C(CCC=O)C(=O)NC)C2=O. The summed E-state index contributed by atoms with van der Waals surface area (Å²) in [6.07, 6.45) is 4.88. The van der Waals surface area contributed by atoms with Crippen LogP contribution in [0.4, 0.5) is 5.69 Å². The van der Waals surface area contributed by atoms with Gasteiger partial charge < -0.3 is 25.6 Å². The molecule has 2 amide bonds. The maximum atomic E-state index is 12.8. The number of aldehydes is 1. The number of anilines is 1. The Morgan fingerprint density at radius 1 is 1.32 bits per heavy atom. The second kappa shape index (κ2) is 9.19. The fourth-order valence-electron chi connectivity index (χ4n) is 4.36. The van der Waals surface area contributed by atoms with Crippen LogP contribution in [0.25, 0.3) is 0 Å². The lowest BCUT2D eigenvalue weighted by Gasteiger charge is -2.25. The first-order valence-electron chi connectivity index (χ1n) is 10.2. The van der Waals surface area contributed by atoms with E-state index in [1.54, 1.807) is 11.9 Å². The number of nitrogens with zero attached hydrogens (tertiary/aromatic N) is 1. The first-order chi connectivity index (χ1) is 13.6. The fraction of sp³-hybridized carbons (Fsp3) is 0.571. The Labute approximate surface area is 166 Å². The highest BCUT2D eigenvalue weighted by Crippen LogP contribution is 2.30. The van der Waals surface area contributed by atoms with Gasteiger partial charge in [0.15, 0.2) is 0 Å². The van der Waals surface area contributed by atoms with Crippen molar-refractivity contribution in [2.75, 3.05) is 18.9 Å². The lowest BCUT2D eigenvalue weighted by Crippen LogP contribution is -2.46. The molecule has 28 heavy (non-hydrogen) atoms. The van der Waals surface area contributed by atoms with Gasteiger partial charge in [-0.2, -0.15) is 0 Å². The molecule has 0 aromatic heterocycles. The summed E-state index contributed by atoms with van der Waals surface area (Å²) in [5.41, 5.74) is 2.57. The zero-order valence-corrected chi connectivity index (χ0v) is 16.7. The van der Waals surface area contributed by atoms with Crippen molar-refractivity contribution in [1.82, 2.24) is 15.5 Å². The summed E-state index contributed by atoms with van der Waals surface area (Å²) >= 11 is 0. The number of carbonyl (C=O) groups is 3. The van der Waals surface area contributed by atoms with E-state index in [2.05, 4.69) is 22.9 Å². The average Bonchev–Trinajstić information content (AvgIpc) is 3.26. The number of likely N-dealkylation sites (N-methyl/N-ethyl adjacent to an activating group) is 2. The number of hydrogen-bond donors (Lipinski definition) is 3. The van der Waals surface area contributed by atoms with Crippen molar-refractivity contribution in [3.63, 3.8) is 0 Å². The van der Waals surface area contributed by atoms with Gasteiger partial charge in [0.05, 0.1) is 0 Å². The largest absolute Gasteiger partial charge is 0.381 e. The molecule has 152 valence electrons. The summed E-state index contributed by atoms with van der Waals surface area (Å²) < 4.78 is 0. The summed E-state index contributed by atoms with van der Waals surface area (Å²) in [6, 6.07) is 6.05.